The molecule has 0 aromatic carbocycles. The molecule has 0 aliphatic heterocycles. The first-order chi connectivity index (χ1) is 10.4. The number of anilines is 2. The molecule has 0 unspecified atom stereocenters. The Bertz CT molecular complexity index is 514. The summed E-state index contributed by atoms with van der Waals surface area (Å²) in [7, 11) is 0. The van der Waals surface area contributed by atoms with Crippen LogP contribution >= 0.6 is 0 Å². The maximum Gasteiger partial charge on any atom is 0.229 e. The number of rotatable bonds is 4. The Labute approximate surface area is 134 Å². The highest BCUT2D eigenvalue weighted by Crippen LogP contribution is 2.25. The second-order valence-corrected chi connectivity index (χ2v) is 7.48. The van der Waals surface area contributed by atoms with E-state index in [0.29, 0.717) is 0 Å². The van der Waals surface area contributed by atoms with Gasteiger partial charge in [-0.25, -0.2) is 4.98 Å². The summed E-state index contributed by atoms with van der Waals surface area (Å²) in [4.78, 5) is 16.5. The van der Waals surface area contributed by atoms with Crippen LogP contribution in [0.2, 0.25) is 0 Å². The van der Waals surface area contributed by atoms with Gasteiger partial charge in [-0.3, -0.25) is 4.79 Å². The SMILES string of the molecule is Cc1cc(NC(=O)C(C)(C)C)cnc1NCC1CCCCC1. The number of hydrogen-bond donors (Lipinski definition) is 2. The van der Waals surface area contributed by atoms with Gasteiger partial charge in [-0.2, -0.15) is 0 Å². The number of nitrogens with zero attached hydrogens (tertiary/aromatic N) is 1. The van der Waals surface area contributed by atoms with E-state index in [1.807, 2.05) is 33.8 Å². The molecule has 22 heavy (non-hydrogen) atoms. The summed E-state index contributed by atoms with van der Waals surface area (Å²) in [5.41, 5.74) is 1.44. The highest BCUT2D eigenvalue weighted by atomic mass is 16.2. The van der Waals surface area contributed by atoms with Crippen LogP contribution in [0.4, 0.5) is 11.5 Å². The Balaban J connectivity index is 1.93. The van der Waals surface area contributed by atoms with E-state index in [-0.39, 0.29) is 5.91 Å². The van der Waals surface area contributed by atoms with Crippen LogP contribution in [0.5, 0.6) is 0 Å². The van der Waals surface area contributed by atoms with Gasteiger partial charge in [0.05, 0.1) is 11.9 Å². The fraction of sp³-hybridized carbons (Fsp3) is 0.667. The van der Waals surface area contributed by atoms with Crippen molar-refractivity contribution in [3.05, 3.63) is 17.8 Å². The predicted molar refractivity (Wildman–Crippen MR) is 92.1 cm³/mol. The summed E-state index contributed by atoms with van der Waals surface area (Å²) in [5.74, 6) is 1.71. The molecule has 1 aromatic heterocycles. The van der Waals surface area contributed by atoms with Gasteiger partial charge in [0.2, 0.25) is 5.91 Å². The van der Waals surface area contributed by atoms with Crippen LogP contribution in [-0.2, 0) is 4.79 Å². The summed E-state index contributed by atoms with van der Waals surface area (Å²) in [6.45, 7) is 8.75. The lowest BCUT2D eigenvalue weighted by Gasteiger charge is -2.22. The summed E-state index contributed by atoms with van der Waals surface area (Å²) >= 11 is 0. The number of pyridine rings is 1. The predicted octanol–water partition coefficient (Wildman–Crippen LogP) is 4.37. The lowest BCUT2D eigenvalue weighted by molar-refractivity contribution is -0.123. The Hall–Kier alpha value is -1.58. The number of hydrogen-bond acceptors (Lipinski definition) is 3. The molecule has 2 rings (SSSR count). The molecule has 1 amide bonds. The van der Waals surface area contributed by atoms with Crippen LogP contribution in [0.3, 0.4) is 0 Å². The largest absolute Gasteiger partial charge is 0.370 e. The van der Waals surface area contributed by atoms with Gasteiger partial charge in [-0.1, -0.05) is 40.0 Å². The van der Waals surface area contributed by atoms with Crippen LogP contribution in [0, 0.1) is 18.3 Å². The third-order valence-corrected chi connectivity index (χ3v) is 4.30. The van der Waals surface area contributed by atoms with Crippen molar-refractivity contribution in [2.45, 2.75) is 59.8 Å². The van der Waals surface area contributed by atoms with Crippen molar-refractivity contribution in [2.24, 2.45) is 11.3 Å². The highest BCUT2D eigenvalue weighted by molar-refractivity contribution is 5.94. The maximum absolute atomic E-state index is 12.0. The molecule has 1 fully saturated rings. The van der Waals surface area contributed by atoms with Gasteiger partial charge < -0.3 is 10.6 Å². The molecule has 1 aliphatic carbocycles. The molecule has 0 saturated heterocycles. The fourth-order valence-corrected chi connectivity index (χ4v) is 2.78. The smallest absolute Gasteiger partial charge is 0.229 e. The van der Waals surface area contributed by atoms with Gasteiger partial charge in [-0.05, 0) is 37.3 Å². The molecule has 0 radical (unpaired) electrons. The van der Waals surface area contributed by atoms with Crippen molar-refractivity contribution in [1.82, 2.24) is 4.98 Å². The summed E-state index contributed by atoms with van der Waals surface area (Å²) < 4.78 is 0. The quantitative estimate of drug-likeness (QED) is 0.868. The Morgan fingerprint density at radius 3 is 2.55 bits per heavy atom. The molecule has 1 aliphatic rings. The zero-order valence-electron chi connectivity index (χ0n) is 14.3. The normalized spacial score (nSPS) is 16.4. The van der Waals surface area contributed by atoms with Crippen molar-refractivity contribution < 1.29 is 4.79 Å². The molecular formula is C18H29N3O. The summed E-state index contributed by atoms with van der Waals surface area (Å²) in [6, 6.07) is 1.99. The third-order valence-electron chi connectivity index (χ3n) is 4.30. The lowest BCUT2D eigenvalue weighted by Crippen LogP contribution is -2.27. The van der Waals surface area contributed by atoms with Gasteiger partial charge in [0.25, 0.3) is 0 Å². The van der Waals surface area contributed by atoms with E-state index in [9.17, 15) is 4.79 Å². The average molecular weight is 303 g/mol. The minimum Gasteiger partial charge on any atom is -0.370 e. The molecule has 0 bridgehead atoms. The van der Waals surface area contributed by atoms with Crippen LogP contribution in [0.1, 0.15) is 58.4 Å². The number of aryl methyl sites for hydroxylation is 1. The second kappa shape index (κ2) is 7.12. The van der Waals surface area contributed by atoms with Crippen LogP contribution < -0.4 is 10.6 Å². The van der Waals surface area contributed by atoms with E-state index >= 15 is 0 Å². The summed E-state index contributed by atoms with van der Waals surface area (Å²) in [6.07, 6.45) is 8.49. The third kappa shape index (κ3) is 4.72. The van der Waals surface area contributed by atoms with Crippen LogP contribution in [-0.4, -0.2) is 17.4 Å². The van der Waals surface area contributed by atoms with E-state index in [0.717, 1.165) is 29.5 Å². The van der Waals surface area contributed by atoms with Crippen molar-refractivity contribution >= 4 is 17.4 Å². The number of amides is 1. The second-order valence-electron chi connectivity index (χ2n) is 7.48. The van der Waals surface area contributed by atoms with Crippen molar-refractivity contribution in [1.29, 1.82) is 0 Å². The number of carbonyl (C=O) groups is 1. The van der Waals surface area contributed by atoms with Gasteiger partial charge in [0.15, 0.2) is 0 Å². The fourth-order valence-electron chi connectivity index (χ4n) is 2.78. The first kappa shape index (κ1) is 16.8. The molecule has 0 spiro atoms. The molecule has 4 nitrogen and oxygen atoms in total. The van der Waals surface area contributed by atoms with E-state index in [1.165, 1.54) is 32.1 Å². The first-order valence-corrected chi connectivity index (χ1v) is 8.38. The number of aromatic nitrogens is 1. The number of carbonyl (C=O) groups excluding carboxylic acids is 1. The standard InChI is InChI=1S/C18H29N3O/c1-13-10-15(21-17(22)18(2,3)4)12-20-16(13)19-11-14-8-6-5-7-9-14/h10,12,14H,5-9,11H2,1-4H3,(H,19,20)(H,21,22). The van der Waals surface area contributed by atoms with E-state index in [2.05, 4.69) is 15.6 Å². The average Bonchev–Trinajstić information content (AvgIpc) is 2.46. The topological polar surface area (TPSA) is 54.0 Å². The van der Waals surface area contributed by atoms with Gasteiger partial charge in [0.1, 0.15) is 5.82 Å². The first-order valence-electron chi connectivity index (χ1n) is 8.38. The van der Waals surface area contributed by atoms with Gasteiger partial charge in [0, 0.05) is 12.0 Å². The van der Waals surface area contributed by atoms with Gasteiger partial charge >= 0.3 is 0 Å². The zero-order chi connectivity index (χ0) is 16.2. The van der Waals surface area contributed by atoms with Crippen LogP contribution in [0.25, 0.3) is 0 Å². The molecule has 1 heterocycles. The van der Waals surface area contributed by atoms with Gasteiger partial charge in [-0.15, -0.1) is 0 Å². The molecular weight excluding hydrogens is 274 g/mol. The van der Waals surface area contributed by atoms with Crippen LogP contribution in [0.15, 0.2) is 12.3 Å². The Morgan fingerprint density at radius 1 is 1.27 bits per heavy atom. The van der Waals surface area contributed by atoms with E-state index in [4.69, 9.17) is 0 Å². The molecule has 1 saturated carbocycles. The zero-order valence-corrected chi connectivity index (χ0v) is 14.3. The molecule has 122 valence electrons. The van der Waals surface area contributed by atoms with E-state index in [1.54, 1.807) is 6.20 Å². The molecule has 0 atom stereocenters. The number of nitrogens with one attached hydrogen (secondary N) is 2. The van der Waals surface area contributed by atoms with Crippen molar-refractivity contribution in [3.63, 3.8) is 0 Å². The highest BCUT2D eigenvalue weighted by Gasteiger charge is 2.21. The minimum atomic E-state index is -0.397. The Morgan fingerprint density at radius 2 is 1.95 bits per heavy atom. The van der Waals surface area contributed by atoms with Crippen molar-refractivity contribution in [2.75, 3.05) is 17.2 Å². The van der Waals surface area contributed by atoms with E-state index < -0.39 is 5.41 Å². The monoisotopic (exact) mass is 303 g/mol. The Kier molecular flexibility index (Phi) is 5.43. The van der Waals surface area contributed by atoms with Crippen molar-refractivity contribution in [3.8, 4) is 0 Å². The molecule has 2 N–H and O–H groups in total. The molecule has 4 heteroatoms. The molecule has 1 aromatic rings. The minimum absolute atomic E-state index is 0.0108. The maximum atomic E-state index is 12.0. The lowest BCUT2D eigenvalue weighted by atomic mass is 9.89. The summed E-state index contributed by atoms with van der Waals surface area (Å²) in [5, 5.41) is 6.40.